The van der Waals surface area contributed by atoms with Gasteiger partial charge in [-0.05, 0) is 31.5 Å². The van der Waals surface area contributed by atoms with Gasteiger partial charge in [-0.2, -0.15) is 0 Å². The summed E-state index contributed by atoms with van der Waals surface area (Å²) in [4.78, 5) is 4.15. The van der Waals surface area contributed by atoms with Gasteiger partial charge in [-0.15, -0.1) is 0 Å². The number of nitrogens with zero attached hydrogens (tertiary/aromatic N) is 1. The number of nitrogens with two attached hydrogens (primary N) is 1. The van der Waals surface area contributed by atoms with Gasteiger partial charge in [0.2, 0.25) is 0 Å². The second kappa shape index (κ2) is 7.49. The largest absolute Gasteiger partial charge is 0.369 e. The molecule has 1 rings (SSSR count). The van der Waals surface area contributed by atoms with Gasteiger partial charge in [0, 0.05) is 12.7 Å². The Bertz CT molecular complexity index is 278. The summed E-state index contributed by atoms with van der Waals surface area (Å²) in [5.41, 5.74) is 5.41. The maximum atomic E-state index is 5.95. The molecule has 3 N–H and O–H groups in total. The Labute approximate surface area is 96.0 Å². The topological polar surface area (TPSA) is 50.9 Å². The predicted octanol–water partition coefficient (Wildman–Crippen LogP) is 2.67. The average Bonchev–Trinajstić information content (AvgIpc) is 2.25. The van der Waals surface area contributed by atoms with Gasteiger partial charge in [0.25, 0.3) is 0 Å². The number of unbranched alkanes of at least 4 members (excludes halogenated alkanes) is 3. The van der Waals surface area contributed by atoms with E-state index < -0.39 is 0 Å². The van der Waals surface area contributed by atoms with E-state index in [0.717, 1.165) is 31.7 Å². The van der Waals surface area contributed by atoms with E-state index in [4.69, 9.17) is 17.3 Å². The summed E-state index contributed by atoms with van der Waals surface area (Å²) in [5.74, 6) is 0.776. The lowest BCUT2D eigenvalue weighted by molar-refractivity contribution is 0.661. The molecule has 0 aliphatic rings. The molecule has 0 saturated carbocycles. The fraction of sp³-hybridized carbons (Fsp3) is 0.545. The van der Waals surface area contributed by atoms with Crippen LogP contribution < -0.4 is 11.1 Å². The van der Waals surface area contributed by atoms with Crippen LogP contribution in [0, 0.1) is 0 Å². The van der Waals surface area contributed by atoms with Crippen LogP contribution in [0.1, 0.15) is 25.7 Å². The number of rotatable bonds is 7. The van der Waals surface area contributed by atoms with Crippen LogP contribution in [0.2, 0.25) is 5.02 Å². The molecule has 0 saturated heterocycles. The van der Waals surface area contributed by atoms with Crippen molar-refractivity contribution in [3.8, 4) is 0 Å². The minimum absolute atomic E-state index is 0.680. The van der Waals surface area contributed by atoms with Gasteiger partial charge in [0.1, 0.15) is 5.82 Å². The lowest BCUT2D eigenvalue weighted by atomic mass is 10.2. The van der Waals surface area contributed by atoms with Gasteiger partial charge in [-0.25, -0.2) is 4.98 Å². The summed E-state index contributed by atoms with van der Waals surface area (Å²) >= 11 is 5.95. The molecule has 1 aromatic rings. The van der Waals surface area contributed by atoms with E-state index in [1.54, 1.807) is 6.20 Å². The van der Waals surface area contributed by atoms with Crippen molar-refractivity contribution in [2.75, 3.05) is 18.4 Å². The first-order chi connectivity index (χ1) is 7.34. The SMILES string of the molecule is NCCCCCCNc1ncccc1Cl. The molecule has 15 heavy (non-hydrogen) atoms. The average molecular weight is 228 g/mol. The zero-order valence-electron chi connectivity index (χ0n) is 8.88. The Kier molecular flexibility index (Phi) is 6.12. The molecule has 0 bridgehead atoms. The van der Waals surface area contributed by atoms with Crippen LogP contribution in [-0.4, -0.2) is 18.1 Å². The van der Waals surface area contributed by atoms with Crippen LogP contribution in [0.25, 0.3) is 0 Å². The molecule has 0 aliphatic carbocycles. The molecule has 1 heterocycles. The molecule has 0 amide bonds. The van der Waals surface area contributed by atoms with Crippen molar-refractivity contribution in [2.24, 2.45) is 5.73 Å². The Hall–Kier alpha value is -0.800. The Balaban J connectivity index is 2.12. The van der Waals surface area contributed by atoms with Crippen LogP contribution in [0.15, 0.2) is 18.3 Å². The third-order valence-electron chi connectivity index (χ3n) is 2.18. The number of anilines is 1. The summed E-state index contributed by atoms with van der Waals surface area (Å²) in [6.45, 7) is 1.71. The minimum atomic E-state index is 0.680. The van der Waals surface area contributed by atoms with Crippen molar-refractivity contribution < 1.29 is 0 Å². The molecule has 0 spiro atoms. The molecule has 4 heteroatoms. The fourth-order valence-electron chi connectivity index (χ4n) is 1.35. The maximum Gasteiger partial charge on any atom is 0.144 e. The number of halogens is 1. The van der Waals surface area contributed by atoms with Crippen LogP contribution in [0.3, 0.4) is 0 Å². The van der Waals surface area contributed by atoms with Gasteiger partial charge in [-0.3, -0.25) is 0 Å². The smallest absolute Gasteiger partial charge is 0.144 e. The number of aromatic nitrogens is 1. The third kappa shape index (κ3) is 5.00. The van der Waals surface area contributed by atoms with E-state index in [1.165, 1.54) is 12.8 Å². The quantitative estimate of drug-likeness (QED) is 0.705. The highest BCUT2D eigenvalue weighted by atomic mass is 35.5. The van der Waals surface area contributed by atoms with E-state index >= 15 is 0 Å². The van der Waals surface area contributed by atoms with Crippen LogP contribution in [0.5, 0.6) is 0 Å². The first kappa shape index (κ1) is 12.3. The van der Waals surface area contributed by atoms with Crippen LogP contribution in [0.4, 0.5) is 5.82 Å². The zero-order chi connectivity index (χ0) is 10.9. The maximum absolute atomic E-state index is 5.95. The minimum Gasteiger partial charge on any atom is -0.369 e. The summed E-state index contributed by atoms with van der Waals surface area (Å²) in [5, 5.41) is 3.90. The summed E-state index contributed by atoms with van der Waals surface area (Å²) in [6.07, 6.45) is 6.39. The highest BCUT2D eigenvalue weighted by Crippen LogP contribution is 2.17. The van der Waals surface area contributed by atoms with Gasteiger partial charge in [0.15, 0.2) is 0 Å². The van der Waals surface area contributed by atoms with Crippen molar-refractivity contribution in [3.05, 3.63) is 23.4 Å². The van der Waals surface area contributed by atoms with Gasteiger partial charge in [0.05, 0.1) is 5.02 Å². The van der Waals surface area contributed by atoms with Crippen molar-refractivity contribution in [3.63, 3.8) is 0 Å². The lowest BCUT2D eigenvalue weighted by Crippen LogP contribution is -2.04. The summed E-state index contributed by atoms with van der Waals surface area (Å²) < 4.78 is 0. The van der Waals surface area contributed by atoms with Crippen molar-refractivity contribution in [2.45, 2.75) is 25.7 Å². The van der Waals surface area contributed by atoms with Gasteiger partial charge in [-0.1, -0.05) is 24.4 Å². The molecule has 0 unspecified atom stereocenters. The molecule has 0 aliphatic heterocycles. The third-order valence-corrected chi connectivity index (χ3v) is 2.49. The summed E-state index contributed by atoms with van der Waals surface area (Å²) in [6, 6.07) is 3.67. The lowest BCUT2D eigenvalue weighted by Gasteiger charge is -2.06. The molecular weight excluding hydrogens is 210 g/mol. The number of nitrogens with one attached hydrogen (secondary N) is 1. The summed E-state index contributed by atoms with van der Waals surface area (Å²) in [7, 11) is 0. The van der Waals surface area contributed by atoms with E-state index in [1.807, 2.05) is 12.1 Å². The zero-order valence-corrected chi connectivity index (χ0v) is 9.63. The molecular formula is C11H18ClN3. The molecule has 0 fully saturated rings. The highest BCUT2D eigenvalue weighted by Gasteiger charge is 1.98. The molecule has 1 aromatic heterocycles. The number of pyridine rings is 1. The molecule has 84 valence electrons. The molecule has 3 nitrogen and oxygen atoms in total. The van der Waals surface area contributed by atoms with E-state index in [-0.39, 0.29) is 0 Å². The fourth-order valence-corrected chi connectivity index (χ4v) is 1.53. The highest BCUT2D eigenvalue weighted by molar-refractivity contribution is 6.32. The standard InChI is InChI=1S/C11H18ClN3/c12-10-6-5-9-15-11(10)14-8-4-2-1-3-7-13/h5-6,9H,1-4,7-8,13H2,(H,14,15). The number of hydrogen-bond donors (Lipinski definition) is 2. The van der Waals surface area contributed by atoms with Gasteiger partial charge >= 0.3 is 0 Å². The second-order valence-corrected chi connectivity index (χ2v) is 3.87. The Morgan fingerprint density at radius 1 is 1.27 bits per heavy atom. The molecule has 0 aromatic carbocycles. The van der Waals surface area contributed by atoms with E-state index in [0.29, 0.717) is 5.02 Å². The Morgan fingerprint density at radius 3 is 2.80 bits per heavy atom. The van der Waals surface area contributed by atoms with Crippen molar-refractivity contribution in [1.29, 1.82) is 0 Å². The normalized spacial score (nSPS) is 10.3. The van der Waals surface area contributed by atoms with E-state index in [2.05, 4.69) is 10.3 Å². The van der Waals surface area contributed by atoms with Gasteiger partial charge < -0.3 is 11.1 Å². The first-order valence-corrected chi connectivity index (χ1v) is 5.77. The molecule has 0 atom stereocenters. The van der Waals surface area contributed by atoms with Crippen LogP contribution in [-0.2, 0) is 0 Å². The van der Waals surface area contributed by atoms with E-state index in [9.17, 15) is 0 Å². The first-order valence-electron chi connectivity index (χ1n) is 5.39. The molecule has 0 radical (unpaired) electrons. The monoisotopic (exact) mass is 227 g/mol. The number of hydrogen-bond acceptors (Lipinski definition) is 3. The van der Waals surface area contributed by atoms with Crippen LogP contribution >= 0.6 is 11.6 Å². The Morgan fingerprint density at radius 2 is 2.07 bits per heavy atom. The van der Waals surface area contributed by atoms with Crippen molar-refractivity contribution in [1.82, 2.24) is 4.98 Å². The van der Waals surface area contributed by atoms with Crippen molar-refractivity contribution >= 4 is 17.4 Å². The second-order valence-electron chi connectivity index (χ2n) is 3.46. The predicted molar refractivity (Wildman–Crippen MR) is 65.3 cm³/mol.